The molecular weight excluding hydrogens is 226 g/mol. The lowest BCUT2D eigenvalue weighted by Gasteiger charge is -2.15. The summed E-state index contributed by atoms with van der Waals surface area (Å²) < 4.78 is 29.0. The predicted molar refractivity (Wildman–Crippen MR) is 65.4 cm³/mol. The second kappa shape index (κ2) is 6.57. The van der Waals surface area contributed by atoms with Gasteiger partial charge in [-0.3, -0.25) is 0 Å². The Balaban J connectivity index is 2.32. The van der Waals surface area contributed by atoms with E-state index in [9.17, 15) is 8.42 Å². The van der Waals surface area contributed by atoms with Crippen LogP contribution in [0.15, 0.2) is 0 Å². The number of ether oxygens (including phenoxy) is 1. The van der Waals surface area contributed by atoms with Crippen molar-refractivity contribution >= 4 is 9.84 Å². The van der Waals surface area contributed by atoms with Crippen LogP contribution in [0.5, 0.6) is 0 Å². The summed E-state index contributed by atoms with van der Waals surface area (Å²) in [7, 11) is -2.98. The molecule has 1 heterocycles. The van der Waals surface area contributed by atoms with Crippen LogP contribution in [0, 0.1) is 0 Å². The van der Waals surface area contributed by atoms with Gasteiger partial charge < -0.3 is 10.1 Å². The van der Waals surface area contributed by atoms with Gasteiger partial charge in [-0.1, -0.05) is 6.92 Å². The van der Waals surface area contributed by atoms with Crippen molar-refractivity contribution in [3.05, 3.63) is 0 Å². The van der Waals surface area contributed by atoms with E-state index in [0.717, 1.165) is 25.8 Å². The second-order valence-corrected chi connectivity index (χ2v) is 6.72. The summed E-state index contributed by atoms with van der Waals surface area (Å²) in [4.78, 5) is 0. The molecule has 1 N–H and O–H groups in total. The maximum Gasteiger partial charge on any atom is 0.154 e. The van der Waals surface area contributed by atoms with Crippen molar-refractivity contribution in [1.29, 1.82) is 0 Å². The van der Waals surface area contributed by atoms with Crippen LogP contribution in [-0.4, -0.2) is 45.2 Å². The predicted octanol–water partition coefficient (Wildman–Crippen LogP) is 0.968. The van der Waals surface area contributed by atoms with Gasteiger partial charge in [-0.2, -0.15) is 0 Å². The van der Waals surface area contributed by atoms with Gasteiger partial charge in [0.2, 0.25) is 0 Å². The Morgan fingerprint density at radius 1 is 1.50 bits per heavy atom. The molecule has 1 saturated heterocycles. The van der Waals surface area contributed by atoms with Gasteiger partial charge in [-0.25, -0.2) is 8.42 Å². The van der Waals surface area contributed by atoms with Gasteiger partial charge in [0.1, 0.15) is 0 Å². The van der Waals surface area contributed by atoms with E-state index in [4.69, 9.17) is 4.74 Å². The smallest absolute Gasteiger partial charge is 0.154 e. The van der Waals surface area contributed by atoms with E-state index in [0.29, 0.717) is 6.61 Å². The van der Waals surface area contributed by atoms with Gasteiger partial charge in [0.25, 0.3) is 0 Å². The number of rotatable bonds is 7. The van der Waals surface area contributed by atoms with Crippen LogP contribution in [0.4, 0.5) is 0 Å². The molecule has 96 valence electrons. The first kappa shape index (κ1) is 13.9. The van der Waals surface area contributed by atoms with Crippen LogP contribution in [0.1, 0.15) is 33.1 Å². The zero-order chi connectivity index (χ0) is 12.0. The molecule has 1 aliphatic heterocycles. The fraction of sp³-hybridized carbons (Fsp3) is 1.00. The summed E-state index contributed by atoms with van der Waals surface area (Å²) in [5.74, 6) is 0.401. The van der Waals surface area contributed by atoms with Crippen molar-refractivity contribution < 1.29 is 13.2 Å². The minimum absolute atomic E-state index is 0.0337. The van der Waals surface area contributed by atoms with Crippen molar-refractivity contribution in [2.45, 2.75) is 45.3 Å². The Kier molecular flexibility index (Phi) is 5.72. The summed E-state index contributed by atoms with van der Waals surface area (Å²) in [5, 5.41) is 3.19. The quantitative estimate of drug-likeness (QED) is 0.730. The first-order valence-corrected chi connectivity index (χ1v) is 7.91. The summed E-state index contributed by atoms with van der Waals surface area (Å²) >= 11 is 0. The number of hydrogen-bond donors (Lipinski definition) is 1. The first-order chi connectivity index (χ1) is 7.53. The van der Waals surface area contributed by atoms with Crippen LogP contribution in [-0.2, 0) is 14.6 Å². The normalized spacial score (nSPS) is 23.5. The lowest BCUT2D eigenvalue weighted by atomic mass is 10.3. The van der Waals surface area contributed by atoms with Crippen molar-refractivity contribution in [1.82, 2.24) is 5.32 Å². The van der Waals surface area contributed by atoms with Gasteiger partial charge in [-0.15, -0.1) is 0 Å². The fourth-order valence-corrected chi connectivity index (χ4v) is 3.80. The third-order valence-electron chi connectivity index (χ3n) is 2.71. The topological polar surface area (TPSA) is 55.4 Å². The molecule has 0 spiro atoms. The van der Waals surface area contributed by atoms with E-state index in [1.807, 2.05) is 6.92 Å². The van der Waals surface area contributed by atoms with Crippen LogP contribution in [0.3, 0.4) is 0 Å². The molecule has 0 aromatic rings. The van der Waals surface area contributed by atoms with Crippen molar-refractivity contribution in [2.24, 2.45) is 0 Å². The van der Waals surface area contributed by atoms with Crippen molar-refractivity contribution in [3.8, 4) is 0 Å². The number of hydrogen-bond acceptors (Lipinski definition) is 4. The number of sulfone groups is 1. The average Bonchev–Trinajstić information content (AvgIpc) is 2.65. The van der Waals surface area contributed by atoms with Gasteiger partial charge in [0.15, 0.2) is 9.84 Å². The number of nitrogens with one attached hydrogen (secondary N) is 1. The summed E-state index contributed by atoms with van der Waals surface area (Å²) in [6.45, 7) is 5.57. The van der Waals surface area contributed by atoms with Gasteiger partial charge >= 0.3 is 0 Å². The molecule has 1 rings (SSSR count). The molecule has 16 heavy (non-hydrogen) atoms. The monoisotopic (exact) mass is 249 g/mol. The third kappa shape index (κ3) is 5.27. The molecule has 0 amide bonds. The lowest BCUT2D eigenvalue weighted by molar-refractivity contribution is 0.127. The summed E-state index contributed by atoms with van der Waals surface area (Å²) in [6, 6.07) is 0.0337. The molecule has 4 nitrogen and oxygen atoms in total. The zero-order valence-electron chi connectivity index (χ0n) is 10.2. The highest BCUT2D eigenvalue weighted by atomic mass is 32.2. The highest BCUT2D eigenvalue weighted by Gasteiger charge is 2.24. The molecule has 0 aromatic heterocycles. The van der Waals surface area contributed by atoms with Crippen LogP contribution >= 0.6 is 0 Å². The largest absolute Gasteiger partial charge is 0.377 e. The Hall–Kier alpha value is -0.130. The Bertz CT molecular complexity index is 284. The van der Waals surface area contributed by atoms with Gasteiger partial charge in [-0.05, 0) is 32.7 Å². The lowest BCUT2D eigenvalue weighted by Crippen LogP contribution is -2.36. The van der Waals surface area contributed by atoms with E-state index in [1.165, 1.54) is 0 Å². The Morgan fingerprint density at radius 3 is 2.81 bits per heavy atom. The molecule has 2 unspecified atom stereocenters. The van der Waals surface area contributed by atoms with E-state index in [-0.39, 0.29) is 23.7 Å². The molecule has 1 fully saturated rings. The minimum Gasteiger partial charge on any atom is -0.377 e. The minimum atomic E-state index is -2.98. The zero-order valence-corrected chi connectivity index (χ0v) is 11.1. The average molecular weight is 249 g/mol. The fourth-order valence-electron chi connectivity index (χ4n) is 1.96. The van der Waals surface area contributed by atoms with Crippen molar-refractivity contribution in [3.63, 3.8) is 0 Å². The van der Waals surface area contributed by atoms with E-state index >= 15 is 0 Å². The molecule has 1 aliphatic rings. The molecule has 5 heteroatoms. The summed E-state index contributed by atoms with van der Waals surface area (Å²) in [5.41, 5.74) is 0. The van der Waals surface area contributed by atoms with Gasteiger partial charge in [0.05, 0.1) is 17.6 Å². The van der Waals surface area contributed by atoms with Crippen LogP contribution < -0.4 is 5.32 Å². The highest BCUT2D eigenvalue weighted by molar-refractivity contribution is 7.91. The SMILES string of the molecule is CCCNC(C)CS(=O)(=O)CC1CCCO1. The third-order valence-corrected chi connectivity index (χ3v) is 4.60. The van der Waals surface area contributed by atoms with Crippen LogP contribution in [0.2, 0.25) is 0 Å². The van der Waals surface area contributed by atoms with E-state index < -0.39 is 9.84 Å². The molecular formula is C11H23NO3S. The Morgan fingerprint density at radius 2 is 2.25 bits per heavy atom. The second-order valence-electron chi connectivity index (χ2n) is 4.57. The van der Waals surface area contributed by atoms with Crippen molar-refractivity contribution in [2.75, 3.05) is 24.7 Å². The van der Waals surface area contributed by atoms with E-state index in [2.05, 4.69) is 12.2 Å². The summed E-state index contributed by atoms with van der Waals surface area (Å²) in [6.07, 6.45) is 2.83. The highest BCUT2D eigenvalue weighted by Crippen LogP contribution is 2.14. The molecule has 0 aromatic carbocycles. The standard InChI is InChI=1S/C11H23NO3S/c1-3-6-12-10(2)8-16(13,14)9-11-5-4-7-15-11/h10-12H,3-9H2,1-2H3. The molecule has 2 atom stereocenters. The molecule has 0 saturated carbocycles. The van der Waals surface area contributed by atoms with Crippen LogP contribution in [0.25, 0.3) is 0 Å². The Labute approximate surface area is 98.7 Å². The maximum absolute atomic E-state index is 11.8. The molecule has 0 radical (unpaired) electrons. The maximum atomic E-state index is 11.8. The first-order valence-electron chi connectivity index (χ1n) is 6.09. The van der Waals surface area contributed by atoms with Gasteiger partial charge in [0, 0.05) is 12.6 Å². The molecule has 0 bridgehead atoms. The molecule has 0 aliphatic carbocycles. The van der Waals surface area contributed by atoms with E-state index in [1.54, 1.807) is 0 Å².